The van der Waals surface area contributed by atoms with Crippen LogP contribution in [-0.2, 0) is 4.79 Å². The van der Waals surface area contributed by atoms with E-state index in [1.54, 1.807) is 0 Å². The summed E-state index contributed by atoms with van der Waals surface area (Å²) in [5.74, 6) is 0.341. The molecule has 0 saturated heterocycles. The van der Waals surface area contributed by atoms with Gasteiger partial charge in [0.15, 0.2) is 0 Å². The molecule has 0 aromatic heterocycles. The Hall–Kier alpha value is -0.370. The molecule has 0 aliphatic carbocycles. The molecule has 0 fully saturated rings. The Morgan fingerprint density at radius 1 is 0.947 bits per heavy atom. The molecule has 0 aromatic carbocycles. The smallest absolute Gasteiger partial charge is 0.134 e. The van der Waals surface area contributed by atoms with E-state index in [1.807, 2.05) is 0 Å². The highest BCUT2D eigenvalue weighted by Crippen LogP contribution is 2.20. The van der Waals surface area contributed by atoms with Crippen molar-refractivity contribution in [2.45, 2.75) is 97.9 Å². The summed E-state index contributed by atoms with van der Waals surface area (Å²) in [6.45, 7) is 8.54. The van der Waals surface area contributed by atoms with Crippen LogP contribution in [0.25, 0.3) is 0 Å². The van der Waals surface area contributed by atoms with E-state index in [0.29, 0.717) is 12.2 Å². The second-order valence-corrected chi connectivity index (χ2v) is 6.94. The van der Waals surface area contributed by atoms with Gasteiger partial charge >= 0.3 is 0 Å². The van der Waals surface area contributed by atoms with Gasteiger partial charge in [-0.25, -0.2) is 0 Å². The van der Waals surface area contributed by atoms with Crippen molar-refractivity contribution < 1.29 is 4.79 Å². The molecule has 1 atom stereocenters. The van der Waals surface area contributed by atoms with Gasteiger partial charge in [0.2, 0.25) is 0 Å². The van der Waals surface area contributed by atoms with Crippen LogP contribution >= 0.6 is 0 Å². The summed E-state index contributed by atoms with van der Waals surface area (Å²) in [7, 11) is 0. The first-order valence-electron chi connectivity index (χ1n) is 8.15. The Morgan fingerprint density at radius 3 is 1.89 bits per heavy atom. The summed E-state index contributed by atoms with van der Waals surface area (Å²) in [6, 6.07) is -0.00551. The predicted octanol–water partition coefficient (Wildman–Crippen LogP) is 4.85. The van der Waals surface area contributed by atoms with Crippen LogP contribution in [0, 0.1) is 5.41 Å². The van der Waals surface area contributed by atoms with Gasteiger partial charge in [0.05, 0.1) is 0 Å². The van der Waals surface area contributed by atoms with E-state index in [2.05, 4.69) is 27.7 Å². The molecule has 2 N–H and O–H groups in total. The first kappa shape index (κ1) is 18.6. The molecule has 0 saturated carbocycles. The van der Waals surface area contributed by atoms with Crippen LogP contribution < -0.4 is 5.73 Å². The van der Waals surface area contributed by atoms with Crippen LogP contribution in [0.4, 0.5) is 0 Å². The summed E-state index contributed by atoms with van der Waals surface area (Å²) in [6.07, 6.45) is 11.5. The summed E-state index contributed by atoms with van der Waals surface area (Å²) in [5, 5.41) is 0. The summed E-state index contributed by atoms with van der Waals surface area (Å²) >= 11 is 0. The molecule has 0 heterocycles. The summed E-state index contributed by atoms with van der Waals surface area (Å²) < 4.78 is 0. The second kappa shape index (κ2) is 10.4. The van der Waals surface area contributed by atoms with Gasteiger partial charge in [-0.2, -0.15) is 0 Å². The number of nitrogens with two attached hydrogens (primary N) is 1. The number of Topliss-reactive ketones (excluding diaryl/α,β-unsaturated/α-hetero) is 1. The maximum atomic E-state index is 11.8. The third-order valence-corrected chi connectivity index (χ3v) is 3.87. The molecule has 0 radical (unpaired) electrons. The van der Waals surface area contributed by atoms with E-state index in [1.165, 1.54) is 44.9 Å². The fourth-order valence-electron chi connectivity index (χ4n) is 2.11. The molecule has 114 valence electrons. The average Bonchev–Trinajstić information content (AvgIpc) is 2.31. The molecule has 0 spiro atoms. The van der Waals surface area contributed by atoms with Gasteiger partial charge in [0.25, 0.3) is 0 Å². The minimum absolute atomic E-state index is 0.00551. The van der Waals surface area contributed by atoms with Crippen molar-refractivity contribution in [2.24, 2.45) is 11.1 Å². The number of rotatable bonds is 11. The van der Waals surface area contributed by atoms with E-state index in [-0.39, 0.29) is 11.5 Å². The molecule has 0 bridgehead atoms. The molecule has 2 nitrogen and oxygen atoms in total. The Balaban J connectivity index is 3.44. The Kier molecular flexibility index (Phi) is 10.2. The number of ketones is 1. The van der Waals surface area contributed by atoms with Crippen molar-refractivity contribution in [2.75, 3.05) is 0 Å². The fraction of sp³-hybridized carbons (Fsp3) is 0.941. The van der Waals surface area contributed by atoms with Crippen LogP contribution in [0.5, 0.6) is 0 Å². The Labute approximate surface area is 120 Å². The lowest BCUT2D eigenvalue weighted by atomic mass is 9.84. The molecular formula is C17H35NO. The number of hydrogen-bond acceptors (Lipinski definition) is 2. The second-order valence-electron chi connectivity index (χ2n) is 6.94. The van der Waals surface area contributed by atoms with Crippen LogP contribution in [-0.4, -0.2) is 11.8 Å². The minimum Gasteiger partial charge on any atom is -0.327 e. The lowest BCUT2D eigenvalue weighted by Crippen LogP contribution is -2.36. The van der Waals surface area contributed by atoms with E-state index >= 15 is 0 Å². The molecule has 19 heavy (non-hydrogen) atoms. The molecule has 0 rings (SSSR count). The molecular weight excluding hydrogens is 234 g/mol. The van der Waals surface area contributed by atoms with Crippen molar-refractivity contribution in [3.63, 3.8) is 0 Å². The SMILES string of the molecule is CCCCCCCCCCC(=O)CC(N)C(C)(C)C. The van der Waals surface area contributed by atoms with Gasteiger partial charge in [-0.05, 0) is 11.8 Å². The van der Waals surface area contributed by atoms with E-state index in [9.17, 15) is 4.79 Å². The number of unbranched alkanes of at least 4 members (excludes halogenated alkanes) is 7. The van der Waals surface area contributed by atoms with Crippen molar-refractivity contribution in [1.29, 1.82) is 0 Å². The lowest BCUT2D eigenvalue weighted by molar-refractivity contribution is -0.120. The van der Waals surface area contributed by atoms with Crippen LogP contribution in [0.2, 0.25) is 0 Å². The van der Waals surface area contributed by atoms with Crippen LogP contribution in [0.3, 0.4) is 0 Å². The maximum absolute atomic E-state index is 11.8. The Bertz CT molecular complexity index is 230. The predicted molar refractivity (Wildman–Crippen MR) is 84.3 cm³/mol. The minimum atomic E-state index is -0.00551. The largest absolute Gasteiger partial charge is 0.327 e. The van der Waals surface area contributed by atoms with Gasteiger partial charge in [-0.3, -0.25) is 4.79 Å². The van der Waals surface area contributed by atoms with Crippen molar-refractivity contribution in [3.8, 4) is 0 Å². The van der Waals surface area contributed by atoms with Crippen molar-refractivity contribution >= 4 is 5.78 Å². The number of hydrogen-bond donors (Lipinski definition) is 1. The Morgan fingerprint density at radius 2 is 1.42 bits per heavy atom. The highest BCUT2D eigenvalue weighted by molar-refractivity contribution is 5.79. The van der Waals surface area contributed by atoms with Crippen LogP contribution in [0.1, 0.15) is 91.9 Å². The van der Waals surface area contributed by atoms with E-state index in [4.69, 9.17) is 5.73 Å². The molecule has 0 amide bonds. The quantitative estimate of drug-likeness (QED) is 0.545. The van der Waals surface area contributed by atoms with Crippen LogP contribution in [0.15, 0.2) is 0 Å². The average molecular weight is 269 g/mol. The topological polar surface area (TPSA) is 43.1 Å². The number of carbonyl (C=O) groups is 1. The maximum Gasteiger partial charge on any atom is 0.134 e. The van der Waals surface area contributed by atoms with Gasteiger partial charge in [0, 0.05) is 18.9 Å². The van der Waals surface area contributed by atoms with Crippen molar-refractivity contribution in [3.05, 3.63) is 0 Å². The molecule has 2 heteroatoms. The van der Waals surface area contributed by atoms with Gasteiger partial charge in [-0.15, -0.1) is 0 Å². The summed E-state index contributed by atoms with van der Waals surface area (Å²) in [5.41, 5.74) is 6.07. The fourth-order valence-corrected chi connectivity index (χ4v) is 2.11. The third-order valence-electron chi connectivity index (χ3n) is 3.87. The lowest BCUT2D eigenvalue weighted by Gasteiger charge is -2.26. The van der Waals surface area contributed by atoms with Gasteiger partial charge in [0.1, 0.15) is 5.78 Å². The highest BCUT2D eigenvalue weighted by Gasteiger charge is 2.22. The molecule has 1 unspecified atom stereocenters. The van der Waals surface area contributed by atoms with Gasteiger partial charge < -0.3 is 5.73 Å². The standard InChI is InChI=1S/C17H35NO/c1-5-6-7-8-9-10-11-12-13-15(19)14-16(18)17(2,3)4/h16H,5-14,18H2,1-4H3. The zero-order chi connectivity index (χ0) is 14.7. The molecule has 0 aromatic rings. The molecule has 0 aliphatic rings. The zero-order valence-corrected chi connectivity index (χ0v) is 13.6. The monoisotopic (exact) mass is 269 g/mol. The van der Waals surface area contributed by atoms with E-state index in [0.717, 1.165) is 12.8 Å². The first-order chi connectivity index (χ1) is 8.88. The molecule has 0 aliphatic heterocycles. The zero-order valence-electron chi connectivity index (χ0n) is 13.6. The van der Waals surface area contributed by atoms with Gasteiger partial charge in [-0.1, -0.05) is 72.6 Å². The first-order valence-corrected chi connectivity index (χ1v) is 8.15. The van der Waals surface area contributed by atoms with E-state index < -0.39 is 0 Å². The normalized spacial score (nSPS) is 13.5. The third kappa shape index (κ3) is 11.2. The van der Waals surface area contributed by atoms with Crippen molar-refractivity contribution in [1.82, 2.24) is 0 Å². The highest BCUT2D eigenvalue weighted by atomic mass is 16.1. The number of carbonyl (C=O) groups excluding carboxylic acids is 1. The summed E-state index contributed by atoms with van der Waals surface area (Å²) in [4.78, 5) is 11.8.